The minimum Gasteiger partial charge on any atom is -0.391 e. The summed E-state index contributed by atoms with van der Waals surface area (Å²) >= 11 is 0. The Morgan fingerprint density at radius 3 is 2.94 bits per heavy atom. The number of methoxy groups -OCH3 is 1. The molecule has 0 saturated carbocycles. The van der Waals surface area contributed by atoms with E-state index in [2.05, 4.69) is 17.6 Å². The zero-order valence-electron chi connectivity index (χ0n) is 11.5. The van der Waals surface area contributed by atoms with Gasteiger partial charge in [-0.3, -0.25) is 4.79 Å². The van der Waals surface area contributed by atoms with E-state index in [0.717, 1.165) is 32.2 Å². The van der Waals surface area contributed by atoms with Gasteiger partial charge in [-0.25, -0.2) is 0 Å². The first-order valence-electron chi connectivity index (χ1n) is 6.85. The van der Waals surface area contributed by atoms with Gasteiger partial charge in [0.25, 0.3) is 0 Å². The highest BCUT2D eigenvalue weighted by Crippen LogP contribution is 2.24. The fourth-order valence-corrected chi connectivity index (χ4v) is 2.55. The van der Waals surface area contributed by atoms with Crippen molar-refractivity contribution in [3.63, 3.8) is 0 Å². The van der Waals surface area contributed by atoms with Crippen molar-refractivity contribution < 1.29 is 14.6 Å². The molecule has 0 spiro atoms. The number of rotatable bonds is 8. The highest BCUT2D eigenvalue weighted by molar-refractivity contribution is 5.86. The predicted molar refractivity (Wildman–Crippen MR) is 70.4 cm³/mol. The molecule has 0 radical (unpaired) electrons. The third-order valence-electron chi connectivity index (χ3n) is 3.48. The number of carbonyl (C=O) groups is 1. The average Bonchev–Trinajstić information content (AvgIpc) is 2.79. The van der Waals surface area contributed by atoms with Gasteiger partial charge in [-0.15, -0.1) is 0 Å². The first-order chi connectivity index (χ1) is 8.64. The van der Waals surface area contributed by atoms with Crippen LogP contribution in [0, 0.1) is 0 Å². The summed E-state index contributed by atoms with van der Waals surface area (Å²) in [7, 11) is 1.56. The number of hydrogen-bond donors (Lipinski definition) is 3. The van der Waals surface area contributed by atoms with Crippen LogP contribution in [0.25, 0.3) is 0 Å². The minimum absolute atomic E-state index is 0.0754. The molecule has 1 aliphatic rings. The van der Waals surface area contributed by atoms with E-state index in [1.165, 1.54) is 0 Å². The third-order valence-corrected chi connectivity index (χ3v) is 3.48. The molecule has 0 aliphatic carbocycles. The fourth-order valence-electron chi connectivity index (χ4n) is 2.55. The Balaban J connectivity index is 2.34. The summed E-state index contributed by atoms with van der Waals surface area (Å²) in [5, 5.41) is 15.8. The molecule has 1 amide bonds. The smallest absolute Gasteiger partial charge is 0.240 e. The first-order valence-corrected chi connectivity index (χ1v) is 6.85. The summed E-state index contributed by atoms with van der Waals surface area (Å²) < 4.78 is 4.84. The number of nitrogens with one attached hydrogen (secondary N) is 2. The molecule has 0 bridgehead atoms. The quantitative estimate of drug-likeness (QED) is 0.590. The van der Waals surface area contributed by atoms with Crippen LogP contribution < -0.4 is 10.6 Å². The van der Waals surface area contributed by atoms with Crippen molar-refractivity contribution in [2.45, 2.75) is 50.7 Å². The number of ether oxygens (including phenoxy) is 1. The molecule has 1 aliphatic heterocycles. The summed E-state index contributed by atoms with van der Waals surface area (Å²) in [6.07, 6.45) is 3.86. The average molecular weight is 258 g/mol. The highest BCUT2D eigenvalue weighted by atomic mass is 16.5. The van der Waals surface area contributed by atoms with Crippen LogP contribution in [0.3, 0.4) is 0 Å². The second kappa shape index (κ2) is 7.71. The van der Waals surface area contributed by atoms with Crippen molar-refractivity contribution in [3.05, 3.63) is 0 Å². The van der Waals surface area contributed by atoms with Crippen molar-refractivity contribution >= 4 is 5.91 Å². The van der Waals surface area contributed by atoms with E-state index in [0.29, 0.717) is 19.6 Å². The highest BCUT2D eigenvalue weighted by Gasteiger charge is 2.39. The molecular formula is C13H26N2O3. The standard InChI is InChI=1S/C13H26N2O3/c1-3-6-13(7-4-8-15-13)12(17)14-9-5-11(16)10-18-2/h11,15-16H,3-10H2,1-2H3,(H,14,17). The Bertz CT molecular complexity index is 253. The Kier molecular flexibility index (Phi) is 6.60. The van der Waals surface area contributed by atoms with Gasteiger partial charge in [0.1, 0.15) is 0 Å². The van der Waals surface area contributed by atoms with Crippen LogP contribution in [0.2, 0.25) is 0 Å². The lowest BCUT2D eigenvalue weighted by Gasteiger charge is -2.28. The van der Waals surface area contributed by atoms with E-state index in [1.807, 2.05) is 0 Å². The maximum Gasteiger partial charge on any atom is 0.240 e. The minimum atomic E-state index is -0.506. The molecule has 18 heavy (non-hydrogen) atoms. The van der Waals surface area contributed by atoms with Crippen LogP contribution in [0.1, 0.15) is 39.0 Å². The molecule has 5 heteroatoms. The van der Waals surface area contributed by atoms with Crippen molar-refractivity contribution in [1.82, 2.24) is 10.6 Å². The predicted octanol–water partition coefficient (Wildman–Crippen LogP) is 0.422. The molecule has 5 nitrogen and oxygen atoms in total. The SMILES string of the molecule is CCCC1(C(=O)NCCC(O)COC)CCCN1. The van der Waals surface area contributed by atoms with Crippen LogP contribution in [0.4, 0.5) is 0 Å². The van der Waals surface area contributed by atoms with Gasteiger partial charge in [-0.2, -0.15) is 0 Å². The van der Waals surface area contributed by atoms with Gasteiger partial charge < -0.3 is 20.5 Å². The van der Waals surface area contributed by atoms with E-state index >= 15 is 0 Å². The number of amides is 1. The summed E-state index contributed by atoms with van der Waals surface area (Å²) in [6, 6.07) is 0. The van der Waals surface area contributed by atoms with Crippen LogP contribution in [-0.2, 0) is 9.53 Å². The Morgan fingerprint density at radius 1 is 1.61 bits per heavy atom. The fraction of sp³-hybridized carbons (Fsp3) is 0.923. The Morgan fingerprint density at radius 2 is 2.39 bits per heavy atom. The second-order valence-electron chi connectivity index (χ2n) is 5.02. The topological polar surface area (TPSA) is 70.6 Å². The lowest BCUT2D eigenvalue weighted by Crippen LogP contribution is -2.53. The van der Waals surface area contributed by atoms with Gasteiger partial charge in [-0.05, 0) is 32.2 Å². The van der Waals surface area contributed by atoms with Gasteiger partial charge in [0.15, 0.2) is 0 Å². The van der Waals surface area contributed by atoms with Crippen molar-refractivity contribution in [1.29, 1.82) is 0 Å². The Labute approximate surface area is 109 Å². The number of aliphatic hydroxyl groups is 1. The number of aliphatic hydroxyl groups excluding tert-OH is 1. The third kappa shape index (κ3) is 4.23. The van der Waals surface area contributed by atoms with E-state index in [1.54, 1.807) is 7.11 Å². The molecule has 2 atom stereocenters. The molecule has 106 valence electrons. The lowest BCUT2D eigenvalue weighted by atomic mass is 9.91. The second-order valence-corrected chi connectivity index (χ2v) is 5.02. The van der Waals surface area contributed by atoms with Gasteiger partial charge in [-0.1, -0.05) is 13.3 Å². The van der Waals surface area contributed by atoms with E-state index in [-0.39, 0.29) is 11.4 Å². The molecule has 1 fully saturated rings. The van der Waals surface area contributed by atoms with E-state index in [4.69, 9.17) is 4.74 Å². The largest absolute Gasteiger partial charge is 0.391 e. The van der Waals surface area contributed by atoms with Crippen LogP contribution in [0.15, 0.2) is 0 Å². The summed E-state index contributed by atoms with van der Waals surface area (Å²) in [6.45, 7) is 3.82. The molecule has 1 saturated heterocycles. The normalized spacial score (nSPS) is 25.1. The molecule has 0 aromatic carbocycles. The number of hydrogen-bond acceptors (Lipinski definition) is 4. The van der Waals surface area contributed by atoms with Crippen LogP contribution in [-0.4, -0.2) is 49.5 Å². The Hall–Kier alpha value is -0.650. The maximum atomic E-state index is 12.2. The molecule has 1 rings (SSSR count). The van der Waals surface area contributed by atoms with Crippen molar-refractivity contribution in [2.24, 2.45) is 0 Å². The van der Waals surface area contributed by atoms with Crippen molar-refractivity contribution in [3.8, 4) is 0 Å². The van der Waals surface area contributed by atoms with E-state index in [9.17, 15) is 9.90 Å². The molecular weight excluding hydrogens is 232 g/mol. The monoisotopic (exact) mass is 258 g/mol. The van der Waals surface area contributed by atoms with Gasteiger partial charge in [0, 0.05) is 13.7 Å². The van der Waals surface area contributed by atoms with Crippen LogP contribution in [0.5, 0.6) is 0 Å². The zero-order chi connectivity index (χ0) is 13.4. The van der Waals surface area contributed by atoms with Crippen molar-refractivity contribution in [2.75, 3.05) is 26.8 Å². The molecule has 2 unspecified atom stereocenters. The number of carbonyl (C=O) groups excluding carboxylic acids is 1. The van der Waals surface area contributed by atoms with Gasteiger partial charge in [0.05, 0.1) is 18.2 Å². The van der Waals surface area contributed by atoms with E-state index < -0.39 is 6.10 Å². The van der Waals surface area contributed by atoms with Crippen LogP contribution >= 0.6 is 0 Å². The molecule has 1 heterocycles. The molecule has 0 aromatic heterocycles. The summed E-state index contributed by atoms with van der Waals surface area (Å²) in [5.74, 6) is 0.0754. The van der Waals surface area contributed by atoms with Gasteiger partial charge in [0.2, 0.25) is 5.91 Å². The zero-order valence-corrected chi connectivity index (χ0v) is 11.5. The molecule has 3 N–H and O–H groups in total. The summed E-state index contributed by atoms with van der Waals surface area (Å²) in [5.41, 5.74) is -0.374. The molecule has 0 aromatic rings. The first kappa shape index (κ1) is 15.4. The van der Waals surface area contributed by atoms with Gasteiger partial charge >= 0.3 is 0 Å². The summed E-state index contributed by atoms with van der Waals surface area (Å²) in [4.78, 5) is 12.2. The maximum absolute atomic E-state index is 12.2. The lowest BCUT2D eigenvalue weighted by molar-refractivity contribution is -0.127.